The molecule has 0 aliphatic rings. The van der Waals surface area contributed by atoms with Crippen LogP contribution in [0.2, 0.25) is 0 Å². The molecule has 0 radical (unpaired) electrons. The van der Waals surface area contributed by atoms with Gasteiger partial charge in [-0.05, 0) is 103 Å². The molecule has 0 spiro atoms. The maximum atomic E-state index is 2.42. The van der Waals surface area contributed by atoms with Crippen molar-refractivity contribution in [3.63, 3.8) is 0 Å². The molecule has 4 heteroatoms. The van der Waals surface area contributed by atoms with Gasteiger partial charge in [-0.15, -0.1) is 0 Å². The highest BCUT2D eigenvalue weighted by Crippen LogP contribution is 2.39. The average molecular weight is 809 g/mol. The van der Waals surface area contributed by atoms with Crippen LogP contribution in [0, 0.1) is 6.92 Å². The molecule has 60 heavy (non-hydrogen) atoms. The fraction of sp³-hybridized carbons (Fsp3) is 0.429. The van der Waals surface area contributed by atoms with E-state index in [9.17, 15) is 0 Å². The van der Waals surface area contributed by atoms with Crippen molar-refractivity contribution in [1.82, 2.24) is 0 Å². The predicted molar refractivity (Wildman–Crippen MR) is 255 cm³/mol. The standard InChI is InChI=1S/C21H30N.C18H24N.C10H16N.C7H10N/c1-14(2)18-12-19(15(3)4)21(20(13-18)16(5)6)17-8-10-22(7)11-9-17;1-13(2)16-7-6-8-17(14(3)4)18(16)15-9-11-19(5)12-10-15;1-10(2,3)9-5-7-11(4)8-6-9;1-7-3-5-8(2)6-4-7/h8-16H,1-7H3;6-14H,1-5H3;5-8H,1-4H3;3-6H,1-2H3/q4*+1. The summed E-state index contributed by atoms with van der Waals surface area (Å²) in [5.74, 6) is 2.71. The van der Waals surface area contributed by atoms with Crippen LogP contribution in [-0.4, -0.2) is 0 Å². The molecule has 6 aromatic rings. The van der Waals surface area contributed by atoms with Gasteiger partial charge < -0.3 is 0 Å². The zero-order chi connectivity index (χ0) is 44.9. The Morgan fingerprint density at radius 3 is 0.967 bits per heavy atom. The first kappa shape index (κ1) is 49.4. The molecule has 4 aromatic heterocycles. The first-order valence-corrected chi connectivity index (χ1v) is 22.2. The third-order valence-corrected chi connectivity index (χ3v) is 11.0. The largest absolute Gasteiger partial charge is 0.208 e. The van der Waals surface area contributed by atoms with Gasteiger partial charge in [0.1, 0.15) is 28.2 Å². The highest BCUT2D eigenvalue weighted by Gasteiger charge is 2.19. The van der Waals surface area contributed by atoms with Crippen molar-refractivity contribution in [2.75, 3.05) is 0 Å². The SMILES string of the molecule is CC(C)c1cc(C(C)C)c(-c2cc[n+](C)cc2)c(C(C)C)c1.CC(C)c1cccc(C(C)C)c1-c1cc[n+](C)cc1.C[n+]1ccc(C(C)(C)C)cc1.Cc1cc[n+](C)cc1. The topological polar surface area (TPSA) is 15.5 Å². The molecule has 2 aromatic carbocycles. The van der Waals surface area contributed by atoms with Crippen LogP contribution in [-0.2, 0) is 33.6 Å². The average Bonchev–Trinajstić information content (AvgIpc) is 3.19. The number of aromatic nitrogens is 4. The van der Waals surface area contributed by atoms with Gasteiger partial charge in [-0.3, -0.25) is 0 Å². The van der Waals surface area contributed by atoms with E-state index >= 15 is 0 Å². The fourth-order valence-corrected chi connectivity index (χ4v) is 7.09. The van der Waals surface area contributed by atoms with E-state index < -0.39 is 0 Å². The molecule has 4 nitrogen and oxygen atoms in total. The third kappa shape index (κ3) is 14.6. The smallest absolute Gasteiger partial charge is 0.169 e. The Labute approximate surface area is 366 Å². The number of rotatable bonds is 7. The van der Waals surface area contributed by atoms with Crippen LogP contribution >= 0.6 is 0 Å². The number of benzene rings is 2. The maximum Gasteiger partial charge on any atom is 0.169 e. The van der Waals surface area contributed by atoms with Crippen molar-refractivity contribution >= 4 is 0 Å². The minimum absolute atomic E-state index is 0.272. The highest BCUT2D eigenvalue weighted by atomic mass is 14.9. The molecule has 0 N–H and O–H groups in total. The van der Waals surface area contributed by atoms with Crippen LogP contribution in [0.5, 0.6) is 0 Å². The second kappa shape index (κ2) is 22.6. The summed E-state index contributed by atoms with van der Waals surface area (Å²) < 4.78 is 8.24. The Bertz CT molecular complexity index is 2110. The highest BCUT2D eigenvalue weighted by molar-refractivity contribution is 5.73. The number of hydrogen-bond acceptors (Lipinski definition) is 0. The van der Waals surface area contributed by atoms with E-state index in [0.29, 0.717) is 29.6 Å². The fourth-order valence-electron chi connectivity index (χ4n) is 7.09. The lowest BCUT2D eigenvalue weighted by atomic mass is 9.82. The Hall–Kier alpha value is -4.96. The Balaban J connectivity index is 0.000000228. The molecule has 0 amide bonds. The van der Waals surface area contributed by atoms with Crippen molar-refractivity contribution < 1.29 is 18.3 Å². The number of pyridine rings is 4. The first-order chi connectivity index (χ1) is 28.1. The summed E-state index contributed by atoms with van der Waals surface area (Å²) in [6.45, 7) is 31.6. The van der Waals surface area contributed by atoms with Gasteiger partial charge >= 0.3 is 0 Å². The molecule has 0 unspecified atom stereocenters. The summed E-state index contributed by atoms with van der Waals surface area (Å²) in [5, 5.41) is 0. The summed E-state index contributed by atoms with van der Waals surface area (Å²) in [6.07, 6.45) is 16.8. The maximum absolute atomic E-state index is 2.42. The quantitative estimate of drug-likeness (QED) is 0.143. The molecule has 6 rings (SSSR count). The molecule has 0 aliphatic carbocycles. The van der Waals surface area contributed by atoms with Gasteiger partial charge in [0, 0.05) is 48.5 Å². The molecular weight excluding hydrogens is 729 g/mol. The van der Waals surface area contributed by atoms with Crippen molar-refractivity contribution in [1.29, 1.82) is 0 Å². The van der Waals surface area contributed by atoms with E-state index in [1.165, 1.54) is 61.2 Å². The molecule has 0 fully saturated rings. The van der Waals surface area contributed by atoms with E-state index in [-0.39, 0.29) is 5.41 Å². The van der Waals surface area contributed by atoms with Crippen LogP contribution in [0.25, 0.3) is 22.3 Å². The molecule has 0 aliphatic heterocycles. The van der Waals surface area contributed by atoms with Crippen LogP contribution in [0.4, 0.5) is 0 Å². The second-order valence-corrected chi connectivity index (χ2v) is 19.2. The molecule has 320 valence electrons. The van der Waals surface area contributed by atoms with Crippen LogP contribution in [0.15, 0.2) is 128 Å². The molecule has 0 bridgehead atoms. The number of nitrogens with zero attached hydrogens (tertiary/aromatic N) is 4. The number of aryl methyl sites for hydroxylation is 5. The lowest BCUT2D eigenvalue weighted by Gasteiger charge is -2.23. The van der Waals surface area contributed by atoms with Gasteiger partial charge in [0.25, 0.3) is 0 Å². The van der Waals surface area contributed by atoms with Gasteiger partial charge in [0.2, 0.25) is 0 Å². The van der Waals surface area contributed by atoms with E-state index in [4.69, 9.17) is 0 Å². The minimum Gasteiger partial charge on any atom is -0.208 e. The molecule has 0 atom stereocenters. The van der Waals surface area contributed by atoms with Crippen molar-refractivity contribution in [2.45, 2.75) is 132 Å². The Morgan fingerprint density at radius 1 is 0.383 bits per heavy atom. The minimum atomic E-state index is 0.272. The Morgan fingerprint density at radius 2 is 0.683 bits per heavy atom. The van der Waals surface area contributed by atoms with Gasteiger partial charge in [-0.25, -0.2) is 18.3 Å². The first-order valence-electron chi connectivity index (χ1n) is 22.2. The zero-order valence-electron chi connectivity index (χ0n) is 40.8. The summed E-state index contributed by atoms with van der Waals surface area (Å²) >= 11 is 0. The monoisotopic (exact) mass is 809 g/mol. The lowest BCUT2D eigenvalue weighted by Crippen LogP contribution is -2.27. The Kier molecular flexibility index (Phi) is 18.6. The lowest BCUT2D eigenvalue weighted by molar-refractivity contribution is -0.671. The van der Waals surface area contributed by atoms with E-state index in [2.05, 4.69) is 241 Å². The van der Waals surface area contributed by atoms with E-state index in [1.807, 2.05) is 31.1 Å². The van der Waals surface area contributed by atoms with Crippen LogP contribution < -0.4 is 18.3 Å². The van der Waals surface area contributed by atoms with Crippen molar-refractivity contribution in [3.8, 4) is 22.3 Å². The van der Waals surface area contributed by atoms with Gasteiger partial charge in [-0.1, -0.05) is 120 Å². The summed E-state index contributed by atoms with van der Waals surface area (Å²) in [5.41, 5.74) is 15.8. The predicted octanol–water partition coefficient (Wildman–Crippen LogP) is 12.6. The van der Waals surface area contributed by atoms with E-state index in [1.54, 1.807) is 0 Å². The van der Waals surface area contributed by atoms with Gasteiger partial charge in [-0.2, -0.15) is 0 Å². The normalized spacial score (nSPS) is 11.2. The zero-order valence-corrected chi connectivity index (χ0v) is 40.8. The molecule has 4 heterocycles. The second-order valence-electron chi connectivity index (χ2n) is 19.2. The van der Waals surface area contributed by atoms with Crippen LogP contribution in [0.1, 0.15) is 159 Å². The number of hydrogen-bond donors (Lipinski definition) is 0. The third-order valence-electron chi connectivity index (χ3n) is 11.0. The van der Waals surface area contributed by atoms with Crippen molar-refractivity contribution in [3.05, 3.63) is 167 Å². The van der Waals surface area contributed by atoms with Crippen LogP contribution in [0.3, 0.4) is 0 Å². The summed E-state index contributed by atoms with van der Waals surface area (Å²) in [7, 11) is 8.17. The van der Waals surface area contributed by atoms with Crippen molar-refractivity contribution in [2.24, 2.45) is 28.2 Å². The molecule has 0 saturated heterocycles. The summed E-state index contributed by atoms with van der Waals surface area (Å²) in [6, 6.07) is 29.0. The van der Waals surface area contributed by atoms with Gasteiger partial charge in [0.15, 0.2) is 49.6 Å². The molecular formula is C56H80N4+4. The van der Waals surface area contributed by atoms with Gasteiger partial charge in [0.05, 0.1) is 0 Å². The molecule has 0 saturated carbocycles. The summed E-state index contributed by atoms with van der Waals surface area (Å²) in [4.78, 5) is 0. The van der Waals surface area contributed by atoms with E-state index in [0.717, 1.165) is 0 Å².